The first-order valence-corrected chi connectivity index (χ1v) is 7.22. The minimum Gasteiger partial charge on any atom is -0.347 e. The third kappa shape index (κ3) is 3.90. The molecule has 0 unspecified atom stereocenters. The number of pyridine rings is 1. The summed E-state index contributed by atoms with van der Waals surface area (Å²) in [5.74, 6) is -0.00282. The summed E-state index contributed by atoms with van der Waals surface area (Å²) in [6.07, 6.45) is 3.87. The van der Waals surface area contributed by atoms with Crippen LogP contribution >= 0.6 is 15.9 Å². The molecule has 0 saturated carbocycles. The molecule has 1 aromatic heterocycles. The van der Waals surface area contributed by atoms with Crippen molar-refractivity contribution in [1.82, 2.24) is 10.3 Å². The average molecular weight is 333 g/mol. The fourth-order valence-corrected chi connectivity index (χ4v) is 2.48. The van der Waals surface area contributed by atoms with Gasteiger partial charge in [-0.3, -0.25) is 9.78 Å². The second kappa shape index (κ2) is 6.18. The van der Waals surface area contributed by atoms with E-state index in [0.717, 1.165) is 15.6 Å². The predicted molar refractivity (Wildman–Crippen MR) is 83.3 cm³/mol. The maximum atomic E-state index is 12.2. The first-order chi connectivity index (χ1) is 9.47. The van der Waals surface area contributed by atoms with E-state index in [0.29, 0.717) is 6.42 Å². The zero-order chi connectivity index (χ0) is 14.6. The molecule has 104 valence electrons. The van der Waals surface area contributed by atoms with Crippen LogP contribution in [0.3, 0.4) is 0 Å². The monoisotopic (exact) mass is 332 g/mol. The van der Waals surface area contributed by atoms with E-state index in [1.54, 1.807) is 12.4 Å². The van der Waals surface area contributed by atoms with E-state index < -0.39 is 5.54 Å². The van der Waals surface area contributed by atoms with Gasteiger partial charge in [0.1, 0.15) is 0 Å². The lowest BCUT2D eigenvalue weighted by molar-refractivity contribution is -0.122. The van der Waals surface area contributed by atoms with Gasteiger partial charge in [-0.15, -0.1) is 0 Å². The van der Waals surface area contributed by atoms with Crippen LogP contribution in [0.25, 0.3) is 0 Å². The van der Waals surface area contributed by atoms with Gasteiger partial charge in [-0.1, -0.05) is 34.1 Å². The summed E-state index contributed by atoms with van der Waals surface area (Å²) in [7, 11) is 0. The van der Waals surface area contributed by atoms with Gasteiger partial charge in [0.2, 0.25) is 5.91 Å². The van der Waals surface area contributed by atoms with Crippen molar-refractivity contribution in [2.75, 3.05) is 0 Å². The summed E-state index contributed by atoms with van der Waals surface area (Å²) >= 11 is 3.41. The Kier molecular flexibility index (Phi) is 4.55. The number of halogens is 1. The molecule has 0 aliphatic heterocycles. The molecule has 2 rings (SSSR count). The highest BCUT2D eigenvalue weighted by Crippen LogP contribution is 2.19. The van der Waals surface area contributed by atoms with Crippen molar-refractivity contribution in [2.45, 2.75) is 25.8 Å². The summed E-state index contributed by atoms with van der Waals surface area (Å²) in [5.41, 5.74) is 1.54. The quantitative estimate of drug-likeness (QED) is 0.931. The van der Waals surface area contributed by atoms with Crippen LogP contribution in [0.4, 0.5) is 0 Å². The van der Waals surface area contributed by atoms with Gasteiger partial charge in [-0.2, -0.15) is 0 Å². The Labute approximate surface area is 127 Å². The number of nitrogens with zero attached hydrogens (tertiary/aromatic N) is 1. The van der Waals surface area contributed by atoms with E-state index in [1.165, 1.54) is 0 Å². The van der Waals surface area contributed by atoms with E-state index >= 15 is 0 Å². The normalized spacial score (nSPS) is 11.2. The Balaban J connectivity index is 2.04. The number of rotatable bonds is 4. The van der Waals surface area contributed by atoms with Gasteiger partial charge in [0, 0.05) is 16.9 Å². The molecule has 0 aliphatic carbocycles. The third-order valence-electron chi connectivity index (χ3n) is 3.09. The van der Waals surface area contributed by atoms with Gasteiger partial charge >= 0.3 is 0 Å². The molecule has 0 atom stereocenters. The van der Waals surface area contributed by atoms with Crippen LogP contribution in [0.2, 0.25) is 0 Å². The van der Waals surface area contributed by atoms with Crippen molar-refractivity contribution in [3.8, 4) is 0 Å². The van der Waals surface area contributed by atoms with Crippen molar-refractivity contribution in [1.29, 1.82) is 0 Å². The first kappa shape index (κ1) is 14.7. The minimum absolute atomic E-state index is 0.00282. The second-order valence-electron chi connectivity index (χ2n) is 5.22. The number of hydrogen-bond donors (Lipinski definition) is 1. The highest BCUT2D eigenvalue weighted by molar-refractivity contribution is 9.10. The molecule has 0 bridgehead atoms. The summed E-state index contributed by atoms with van der Waals surface area (Å²) in [4.78, 5) is 16.3. The van der Waals surface area contributed by atoms with Gasteiger partial charge in [-0.25, -0.2) is 0 Å². The number of carbonyl (C=O) groups is 1. The average Bonchev–Trinajstić information content (AvgIpc) is 2.39. The third-order valence-corrected chi connectivity index (χ3v) is 3.58. The van der Waals surface area contributed by atoms with Crippen molar-refractivity contribution >= 4 is 21.8 Å². The Morgan fingerprint density at radius 2 is 2.10 bits per heavy atom. The van der Waals surface area contributed by atoms with Crippen LogP contribution in [-0.4, -0.2) is 10.9 Å². The number of aromatic nitrogens is 1. The summed E-state index contributed by atoms with van der Waals surface area (Å²) in [6.45, 7) is 3.95. The number of hydrogen-bond acceptors (Lipinski definition) is 2. The Morgan fingerprint density at radius 3 is 2.75 bits per heavy atom. The zero-order valence-electron chi connectivity index (χ0n) is 11.6. The summed E-state index contributed by atoms with van der Waals surface area (Å²) in [5, 5.41) is 3.05. The lowest BCUT2D eigenvalue weighted by Crippen LogP contribution is -2.41. The second-order valence-corrected chi connectivity index (χ2v) is 6.14. The SMILES string of the molecule is CC(C)(NC(=O)Cc1cccc(Br)c1)c1cccnc1. The minimum atomic E-state index is -0.433. The Bertz CT molecular complexity index is 596. The number of carbonyl (C=O) groups excluding carboxylic acids is 1. The molecular formula is C16H17BrN2O. The molecule has 0 fully saturated rings. The first-order valence-electron chi connectivity index (χ1n) is 6.43. The molecular weight excluding hydrogens is 316 g/mol. The van der Waals surface area contributed by atoms with E-state index in [2.05, 4.69) is 26.2 Å². The number of nitrogens with one attached hydrogen (secondary N) is 1. The fourth-order valence-electron chi connectivity index (χ4n) is 2.03. The van der Waals surface area contributed by atoms with Crippen molar-refractivity contribution < 1.29 is 4.79 Å². The van der Waals surface area contributed by atoms with Gasteiger partial charge < -0.3 is 5.32 Å². The standard InChI is InChI=1S/C16H17BrN2O/c1-16(2,13-6-4-8-18-11-13)19-15(20)10-12-5-3-7-14(17)9-12/h3-9,11H,10H2,1-2H3,(H,19,20). The highest BCUT2D eigenvalue weighted by Gasteiger charge is 2.22. The Hall–Kier alpha value is -1.68. The molecule has 4 heteroatoms. The van der Waals surface area contributed by atoms with Crippen molar-refractivity contribution in [3.05, 3.63) is 64.4 Å². The van der Waals surface area contributed by atoms with Crippen molar-refractivity contribution in [2.24, 2.45) is 0 Å². The van der Waals surface area contributed by atoms with E-state index in [1.807, 2.05) is 50.2 Å². The van der Waals surface area contributed by atoms with Gasteiger partial charge in [0.15, 0.2) is 0 Å². The molecule has 1 heterocycles. The van der Waals surface area contributed by atoms with Crippen LogP contribution in [0, 0.1) is 0 Å². The zero-order valence-corrected chi connectivity index (χ0v) is 13.1. The molecule has 0 radical (unpaired) electrons. The topological polar surface area (TPSA) is 42.0 Å². The van der Waals surface area contributed by atoms with Gasteiger partial charge in [0.25, 0.3) is 0 Å². The van der Waals surface area contributed by atoms with Gasteiger partial charge in [-0.05, 0) is 43.2 Å². The largest absolute Gasteiger partial charge is 0.347 e. The maximum Gasteiger partial charge on any atom is 0.225 e. The molecule has 1 N–H and O–H groups in total. The van der Waals surface area contributed by atoms with Crippen LogP contribution in [-0.2, 0) is 16.8 Å². The lowest BCUT2D eigenvalue weighted by Gasteiger charge is -2.26. The molecule has 2 aromatic rings. The molecule has 3 nitrogen and oxygen atoms in total. The van der Waals surface area contributed by atoms with E-state index in [-0.39, 0.29) is 5.91 Å². The summed E-state index contributed by atoms with van der Waals surface area (Å²) < 4.78 is 0.981. The lowest BCUT2D eigenvalue weighted by atomic mass is 9.95. The highest BCUT2D eigenvalue weighted by atomic mass is 79.9. The van der Waals surface area contributed by atoms with Crippen LogP contribution in [0.15, 0.2) is 53.3 Å². The predicted octanol–water partition coefficient (Wildman–Crippen LogP) is 3.44. The number of amides is 1. The van der Waals surface area contributed by atoms with E-state index in [9.17, 15) is 4.79 Å². The van der Waals surface area contributed by atoms with Crippen LogP contribution in [0.1, 0.15) is 25.0 Å². The van der Waals surface area contributed by atoms with Crippen LogP contribution < -0.4 is 5.32 Å². The Morgan fingerprint density at radius 1 is 1.30 bits per heavy atom. The molecule has 0 spiro atoms. The van der Waals surface area contributed by atoms with Gasteiger partial charge in [0.05, 0.1) is 12.0 Å². The molecule has 1 aromatic carbocycles. The van der Waals surface area contributed by atoms with E-state index in [4.69, 9.17) is 0 Å². The molecule has 0 aliphatic rings. The number of benzene rings is 1. The van der Waals surface area contributed by atoms with Crippen LogP contribution in [0.5, 0.6) is 0 Å². The fraction of sp³-hybridized carbons (Fsp3) is 0.250. The van der Waals surface area contributed by atoms with Crippen molar-refractivity contribution in [3.63, 3.8) is 0 Å². The summed E-state index contributed by atoms with van der Waals surface area (Å²) in [6, 6.07) is 11.6. The molecule has 0 saturated heterocycles. The molecule has 20 heavy (non-hydrogen) atoms. The smallest absolute Gasteiger partial charge is 0.225 e. The molecule has 1 amide bonds. The maximum absolute atomic E-state index is 12.2.